The number of ether oxygens (including phenoxy) is 2. The molecule has 6 rings (SSSR count). The lowest BCUT2D eigenvalue weighted by molar-refractivity contribution is -0.193. The van der Waals surface area contributed by atoms with Crippen LogP contribution in [-0.4, -0.2) is 62.7 Å². The fourth-order valence-corrected chi connectivity index (χ4v) is 8.13. The van der Waals surface area contributed by atoms with E-state index in [4.69, 9.17) is 38.6 Å². The first kappa shape index (κ1) is 56.0. The molecule has 2 saturated carbocycles. The summed E-state index contributed by atoms with van der Waals surface area (Å²) in [6, 6.07) is 20.0. The molecule has 0 spiro atoms. The summed E-state index contributed by atoms with van der Waals surface area (Å²) in [5.74, 6) is 0.383. The summed E-state index contributed by atoms with van der Waals surface area (Å²) in [4.78, 5) is 77.9. The Balaban J connectivity index is 0.000000323. The van der Waals surface area contributed by atoms with E-state index in [-0.39, 0.29) is 41.3 Å². The van der Waals surface area contributed by atoms with Gasteiger partial charge in [-0.1, -0.05) is 74.5 Å². The largest absolute Gasteiger partial charge is 0.444 e. The topological polar surface area (TPSA) is 208 Å². The third-order valence-corrected chi connectivity index (χ3v) is 12.3. The summed E-state index contributed by atoms with van der Waals surface area (Å²) in [5, 5.41) is 17.7. The number of Topliss-reactive ketones (excluding diaryl/α,β-unsaturated/α-hetero) is 1. The minimum absolute atomic E-state index is 0.115. The molecule has 14 nitrogen and oxygen atoms in total. The van der Waals surface area contributed by atoms with E-state index in [1.165, 1.54) is 0 Å². The first-order valence-electron chi connectivity index (χ1n) is 23.4. The fraction of sp³-hybridized carbons (Fsp3) is 0.500. The molecule has 2 aliphatic carbocycles. The van der Waals surface area contributed by atoms with Crippen LogP contribution < -0.4 is 10.6 Å². The number of carbonyl (C=O) groups excluding carboxylic acids is 7. The Kier molecular flexibility index (Phi) is 21.2. The van der Waals surface area contributed by atoms with Gasteiger partial charge in [-0.2, -0.15) is 19.2 Å². The number of aliphatic hydroxyl groups excluding tert-OH is 1. The van der Waals surface area contributed by atoms with Gasteiger partial charge >= 0.3 is 24.5 Å². The number of nitrogens with one attached hydrogen (secondary N) is 2. The molecular formula is C54H70N4O10. The van der Waals surface area contributed by atoms with Crippen LogP contribution in [0, 0.1) is 10.8 Å². The Bertz CT molecular complexity index is 2420. The Morgan fingerprint density at radius 2 is 1.03 bits per heavy atom. The molecule has 2 aliphatic rings. The van der Waals surface area contributed by atoms with E-state index in [2.05, 4.69) is 85.2 Å². The van der Waals surface area contributed by atoms with Gasteiger partial charge in [-0.3, -0.25) is 14.8 Å². The number of carbonyl (C=O) groups is 3. The van der Waals surface area contributed by atoms with Crippen LogP contribution in [0.4, 0.5) is 9.59 Å². The first-order valence-corrected chi connectivity index (χ1v) is 23.4. The van der Waals surface area contributed by atoms with Gasteiger partial charge in [0.25, 0.3) is 0 Å². The minimum atomic E-state index is -0.538. The number of allylic oxidation sites excluding steroid dienone is 2. The number of benzene rings is 2. The zero-order chi connectivity index (χ0) is 50.7. The molecule has 0 aliphatic heterocycles. The lowest BCUT2D eigenvalue weighted by atomic mass is 9.71. The molecule has 2 atom stereocenters. The van der Waals surface area contributed by atoms with Crippen molar-refractivity contribution in [3.05, 3.63) is 95.3 Å². The fourth-order valence-electron chi connectivity index (χ4n) is 8.13. The molecule has 4 aromatic rings. The van der Waals surface area contributed by atoms with Crippen LogP contribution >= 0.6 is 0 Å². The quantitative estimate of drug-likeness (QED) is 0.136. The third-order valence-electron chi connectivity index (χ3n) is 12.3. The molecule has 2 fully saturated rings. The maximum Gasteiger partial charge on any atom is 0.408 e. The van der Waals surface area contributed by atoms with Crippen molar-refractivity contribution in [3.8, 4) is 0 Å². The monoisotopic (exact) mass is 935 g/mol. The van der Waals surface area contributed by atoms with E-state index >= 15 is 0 Å². The van der Waals surface area contributed by atoms with E-state index < -0.39 is 23.4 Å². The number of aromatic nitrogens is 2. The molecule has 0 saturated heterocycles. The highest BCUT2D eigenvalue weighted by Gasteiger charge is 2.32. The Morgan fingerprint density at radius 3 is 1.38 bits per heavy atom. The molecule has 14 heteroatoms. The average Bonchev–Trinajstić information content (AvgIpc) is 3.28. The highest BCUT2D eigenvalue weighted by molar-refractivity contribution is 5.83. The average molecular weight is 935 g/mol. The number of fused-ring (bicyclic) bond motifs is 2. The predicted octanol–water partition coefficient (Wildman–Crippen LogP) is 11.4. The van der Waals surface area contributed by atoms with E-state index in [9.17, 15) is 19.5 Å². The number of aliphatic hydroxyl groups is 1. The third kappa shape index (κ3) is 18.4. The molecule has 2 aromatic heterocycles. The summed E-state index contributed by atoms with van der Waals surface area (Å²) in [6.07, 6.45) is 17.6. The minimum Gasteiger partial charge on any atom is -0.444 e. The zero-order valence-corrected chi connectivity index (χ0v) is 41.4. The Hall–Kier alpha value is -6.33. The number of nitrogens with zero attached hydrogens (tertiary/aromatic N) is 2. The Morgan fingerprint density at radius 1 is 0.676 bits per heavy atom. The van der Waals surface area contributed by atoms with Crippen LogP contribution in [-0.2, 0) is 33.4 Å². The van der Waals surface area contributed by atoms with Crippen molar-refractivity contribution in [2.24, 2.45) is 10.8 Å². The second-order valence-corrected chi connectivity index (χ2v) is 19.6. The van der Waals surface area contributed by atoms with Gasteiger partial charge in [0.05, 0.1) is 40.6 Å². The maximum absolute atomic E-state index is 12.1. The number of hydrogen-bond acceptors (Lipinski definition) is 12. The van der Waals surface area contributed by atoms with Gasteiger partial charge in [0.15, 0.2) is 0 Å². The van der Waals surface area contributed by atoms with Crippen molar-refractivity contribution in [2.75, 3.05) is 0 Å². The number of rotatable bonds is 10. The van der Waals surface area contributed by atoms with E-state index in [0.717, 1.165) is 95.7 Å². The molecule has 366 valence electrons. The number of hydrogen-bond donors (Lipinski definition) is 3. The molecule has 0 bridgehead atoms. The second-order valence-electron chi connectivity index (χ2n) is 19.6. The molecule has 2 heterocycles. The van der Waals surface area contributed by atoms with E-state index in [1.807, 2.05) is 79.7 Å². The first-order chi connectivity index (χ1) is 32.0. The van der Waals surface area contributed by atoms with Crippen molar-refractivity contribution >= 4 is 64.2 Å². The number of alkyl carbamates (subject to hydrolysis) is 2. The molecule has 0 unspecified atom stereocenters. The van der Waals surface area contributed by atoms with E-state index in [0.29, 0.717) is 18.6 Å². The SMILES string of the molecule is CCC1(/C=C/c2ccc3ccc([C@@H](C)NC(=O)OC(C)(C)C)nc3c2)CCC(=O)CC1.CCC1(/C=C/c2ccc3ccc([C@@H](C)NC(=O)OC(C)(C)C)nc3c2)CCC(O)CC1.O=C=O.O=C=O. The summed E-state index contributed by atoms with van der Waals surface area (Å²) in [5.41, 5.74) is 4.81. The van der Waals surface area contributed by atoms with E-state index in [1.54, 1.807) is 0 Å². The number of amides is 2. The van der Waals surface area contributed by atoms with Gasteiger partial charge in [-0.15, -0.1) is 0 Å². The van der Waals surface area contributed by atoms with Crippen molar-refractivity contribution in [3.63, 3.8) is 0 Å². The summed E-state index contributed by atoms with van der Waals surface area (Å²) >= 11 is 0. The standard InChI is InChI=1S/C26H36N2O3.C26H34N2O3.2CO2/c2*1-6-26(15-12-21(29)13-16-26)14-11-19-7-8-20-9-10-22(28-23(20)17-19)18(2)27-24(30)31-25(3,4)5;2*2-1-3/h7-11,14,17-18,21,29H,6,12-13,15-16H2,1-5H3,(H,27,30);7-11,14,17-18H,6,12-13,15-16H2,1-5H3,(H,27,30);;/b2*14-11+;;/t18-,21?,26?;18-;;/m11../s1. The summed E-state index contributed by atoms with van der Waals surface area (Å²) < 4.78 is 10.7. The van der Waals surface area contributed by atoms with Crippen LogP contribution in [0.2, 0.25) is 0 Å². The molecule has 3 N–H and O–H groups in total. The van der Waals surface area contributed by atoms with Crippen LogP contribution in [0.1, 0.15) is 168 Å². The van der Waals surface area contributed by atoms with Crippen molar-refractivity contribution in [1.82, 2.24) is 20.6 Å². The lowest BCUT2D eigenvalue weighted by Gasteiger charge is -2.35. The normalized spacial score (nSPS) is 18.8. The van der Waals surface area contributed by atoms with Gasteiger partial charge in [0.2, 0.25) is 0 Å². The van der Waals surface area contributed by atoms with Crippen LogP contribution in [0.3, 0.4) is 0 Å². The van der Waals surface area contributed by atoms with Gasteiger partial charge < -0.3 is 25.2 Å². The van der Waals surface area contributed by atoms with Gasteiger partial charge in [0.1, 0.15) is 17.0 Å². The maximum atomic E-state index is 12.1. The summed E-state index contributed by atoms with van der Waals surface area (Å²) in [6.45, 7) is 19.3. The van der Waals surface area contributed by atoms with Crippen LogP contribution in [0.15, 0.2) is 72.8 Å². The van der Waals surface area contributed by atoms with Gasteiger partial charge in [-0.05, 0) is 153 Å². The van der Waals surface area contributed by atoms with Crippen LogP contribution in [0.25, 0.3) is 34.0 Å². The zero-order valence-electron chi connectivity index (χ0n) is 41.4. The van der Waals surface area contributed by atoms with Gasteiger partial charge in [0, 0.05) is 23.6 Å². The highest BCUT2D eigenvalue weighted by atomic mass is 16.6. The van der Waals surface area contributed by atoms with Crippen molar-refractivity contribution in [1.29, 1.82) is 0 Å². The Labute approximate surface area is 400 Å². The molecule has 68 heavy (non-hydrogen) atoms. The highest BCUT2D eigenvalue weighted by Crippen LogP contribution is 2.42. The number of ketones is 1. The molecule has 2 aromatic carbocycles. The summed E-state index contributed by atoms with van der Waals surface area (Å²) in [7, 11) is 0. The molecule has 0 radical (unpaired) electrons. The van der Waals surface area contributed by atoms with Crippen molar-refractivity contribution < 1.29 is 48.1 Å². The lowest BCUT2D eigenvalue weighted by Crippen LogP contribution is -2.34. The second kappa shape index (κ2) is 25.7. The molecular weight excluding hydrogens is 865 g/mol. The van der Waals surface area contributed by atoms with Gasteiger partial charge in [-0.25, -0.2) is 9.59 Å². The number of pyridine rings is 2. The van der Waals surface area contributed by atoms with Crippen molar-refractivity contribution in [2.45, 2.75) is 163 Å². The predicted molar refractivity (Wildman–Crippen MR) is 261 cm³/mol. The smallest absolute Gasteiger partial charge is 0.408 e. The molecule has 2 amide bonds. The van der Waals surface area contributed by atoms with Crippen LogP contribution in [0.5, 0.6) is 0 Å².